The van der Waals surface area contributed by atoms with Gasteiger partial charge in [0.05, 0.1) is 17.1 Å². The predicted molar refractivity (Wildman–Crippen MR) is 99.7 cm³/mol. The van der Waals surface area contributed by atoms with Crippen LogP contribution in [-0.2, 0) is 6.54 Å². The molecule has 25 heavy (non-hydrogen) atoms. The van der Waals surface area contributed by atoms with Crippen LogP contribution in [0.2, 0.25) is 0 Å². The fourth-order valence-corrected chi connectivity index (χ4v) is 3.96. The lowest BCUT2D eigenvalue weighted by atomic mass is 10.2. The first-order chi connectivity index (χ1) is 12.0. The minimum atomic E-state index is -0.248. The van der Waals surface area contributed by atoms with Crippen LogP contribution < -0.4 is 5.32 Å². The minimum absolute atomic E-state index is 0.0325. The molecule has 3 aromatic rings. The molecule has 132 valence electrons. The molecular weight excluding hydrogens is 337 g/mol. The smallest absolute Gasteiger partial charge is 0.261 e. The second kappa shape index (κ2) is 7.35. The number of fused-ring (bicyclic) bond motifs is 1. The molecule has 0 aliphatic heterocycles. The normalized spacial score (nSPS) is 12.5. The zero-order valence-corrected chi connectivity index (χ0v) is 15.5. The van der Waals surface area contributed by atoms with E-state index in [2.05, 4.69) is 17.3 Å². The van der Waals surface area contributed by atoms with Crippen molar-refractivity contribution in [2.24, 2.45) is 0 Å². The minimum Gasteiger partial charge on any atom is -0.349 e. The van der Waals surface area contributed by atoms with E-state index < -0.39 is 0 Å². The Labute approximate surface area is 150 Å². The number of hydrogen-bond donors (Lipinski definition) is 1. The van der Waals surface area contributed by atoms with Crippen LogP contribution in [-0.4, -0.2) is 21.7 Å². The summed E-state index contributed by atoms with van der Waals surface area (Å²) in [6.07, 6.45) is 2.01. The van der Waals surface area contributed by atoms with E-state index in [-0.39, 0.29) is 17.8 Å². The molecule has 1 atom stereocenters. The highest BCUT2D eigenvalue weighted by atomic mass is 32.1. The maximum atomic E-state index is 13.1. The van der Waals surface area contributed by atoms with Crippen molar-refractivity contribution in [2.75, 3.05) is 0 Å². The number of thiophene rings is 1. The number of hydrogen-bond acceptors (Lipinski definition) is 3. The third-order valence-electron chi connectivity index (χ3n) is 4.18. The molecule has 0 radical (unpaired) electrons. The number of rotatable bonds is 6. The summed E-state index contributed by atoms with van der Waals surface area (Å²) in [5, 5.41) is 8.60. The number of carbonyl (C=O) groups is 1. The number of amides is 1. The molecule has 0 bridgehead atoms. The zero-order valence-electron chi connectivity index (χ0n) is 14.7. The Kier molecular flexibility index (Phi) is 5.18. The van der Waals surface area contributed by atoms with Gasteiger partial charge in [-0.05, 0) is 44.0 Å². The molecule has 0 unspecified atom stereocenters. The Morgan fingerprint density at radius 3 is 2.76 bits per heavy atom. The Morgan fingerprint density at radius 2 is 2.08 bits per heavy atom. The van der Waals surface area contributed by atoms with Gasteiger partial charge < -0.3 is 5.32 Å². The van der Waals surface area contributed by atoms with Gasteiger partial charge in [0, 0.05) is 11.4 Å². The van der Waals surface area contributed by atoms with E-state index in [1.165, 1.54) is 23.5 Å². The van der Waals surface area contributed by atoms with E-state index in [4.69, 9.17) is 0 Å². The molecule has 0 saturated carbocycles. The van der Waals surface area contributed by atoms with E-state index in [9.17, 15) is 9.18 Å². The monoisotopic (exact) mass is 359 g/mol. The van der Waals surface area contributed by atoms with Crippen molar-refractivity contribution in [3.8, 4) is 0 Å². The summed E-state index contributed by atoms with van der Waals surface area (Å²) < 4.78 is 15.0. The first-order valence-electron chi connectivity index (χ1n) is 8.50. The maximum absolute atomic E-state index is 13.1. The summed E-state index contributed by atoms with van der Waals surface area (Å²) in [6, 6.07) is 8.49. The second-order valence-electron chi connectivity index (χ2n) is 6.36. The van der Waals surface area contributed by atoms with E-state index in [1.807, 2.05) is 24.6 Å². The number of nitrogens with zero attached hydrogens (tertiary/aromatic N) is 2. The standard InChI is InChI=1S/C19H22FN3OS/c1-4-5-12(2)21-18(24)17-10-16-13(3)22-23(19(16)25-17)11-14-6-8-15(20)9-7-14/h6-10,12H,4-5,11H2,1-3H3,(H,21,24)/t12-/m1/s1. The average molecular weight is 359 g/mol. The van der Waals surface area contributed by atoms with Crippen molar-refractivity contribution in [1.29, 1.82) is 0 Å². The van der Waals surface area contributed by atoms with Gasteiger partial charge >= 0.3 is 0 Å². The summed E-state index contributed by atoms with van der Waals surface area (Å²) in [4.78, 5) is 14.1. The van der Waals surface area contributed by atoms with Gasteiger partial charge in [-0.15, -0.1) is 11.3 Å². The van der Waals surface area contributed by atoms with Gasteiger partial charge in [0.15, 0.2) is 0 Å². The predicted octanol–water partition coefficient (Wildman–Crippen LogP) is 4.51. The van der Waals surface area contributed by atoms with E-state index in [0.717, 1.165) is 34.3 Å². The molecule has 0 aliphatic rings. The third-order valence-corrected chi connectivity index (χ3v) is 5.32. The molecule has 4 nitrogen and oxygen atoms in total. The maximum Gasteiger partial charge on any atom is 0.261 e. The molecule has 0 fully saturated rings. The molecule has 0 spiro atoms. The molecule has 1 N–H and O–H groups in total. The number of carbonyl (C=O) groups excluding carboxylic acids is 1. The number of aromatic nitrogens is 2. The van der Waals surface area contributed by atoms with Gasteiger partial charge in [0.1, 0.15) is 10.6 Å². The van der Waals surface area contributed by atoms with Crippen molar-refractivity contribution >= 4 is 27.5 Å². The fraction of sp³-hybridized carbons (Fsp3) is 0.368. The first-order valence-corrected chi connectivity index (χ1v) is 9.31. The molecule has 1 aromatic carbocycles. The van der Waals surface area contributed by atoms with Gasteiger partial charge in [0.25, 0.3) is 5.91 Å². The van der Waals surface area contributed by atoms with E-state index in [1.54, 1.807) is 12.1 Å². The van der Waals surface area contributed by atoms with Crippen molar-refractivity contribution in [1.82, 2.24) is 15.1 Å². The molecule has 6 heteroatoms. The molecule has 0 aliphatic carbocycles. The van der Waals surface area contributed by atoms with Crippen molar-refractivity contribution < 1.29 is 9.18 Å². The summed E-state index contributed by atoms with van der Waals surface area (Å²) in [6.45, 7) is 6.63. The highest BCUT2D eigenvalue weighted by molar-refractivity contribution is 7.20. The number of nitrogens with one attached hydrogen (secondary N) is 1. The summed E-state index contributed by atoms with van der Waals surface area (Å²) in [7, 11) is 0. The topological polar surface area (TPSA) is 46.9 Å². The summed E-state index contributed by atoms with van der Waals surface area (Å²) in [5.74, 6) is -0.281. The molecule has 0 saturated heterocycles. The quantitative estimate of drug-likeness (QED) is 0.704. The highest BCUT2D eigenvalue weighted by Crippen LogP contribution is 2.29. The van der Waals surface area contributed by atoms with Crippen LogP contribution in [0.3, 0.4) is 0 Å². The lowest BCUT2D eigenvalue weighted by molar-refractivity contribution is 0.0942. The van der Waals surface area contributed by atoms with Crippen LogP contribution >= 0.6 is 11.3 Å². The van der Waals surface area contributed by atoms with E-state index >= 15 is 0 Å². The van der Waals surface area contributed by atoms with Crippen LogP contribution in [0, 0.1) is 12.7 Å². The first kappa shape index (κ1) is 17.6. The lowest BCUT2D eigenvalue weighted by Gasteiger charge is -2.11. The number of halogens is 1. The Morgan fingerprint density at radius 1 is 1.36 bits per heavy atom. The fourth-order valence-electron chi connectivity index (χ4n) is 2.89. The zero-order chi connectivity index (χ0) is 18.0. The SMILES string of the molecule is CCC[C@@H](C)NC(=O)c1cc2c(C)nn(Cc3ccc(F)cc3)c2s1. The van der Waals surface area contributed by atoms with Gasteiger partial charge in [-0.2, -0.15) is 5.10 Å². The van der Waals surface area contributed by atoms with Crippen LogP contribution in [0.4, 0.5) is 4.39 Å². The third kappa shape index (κ3) is 3.90. The Bertz CT molecular complexity index is 882. The van der Waals surface area contributed by atoms with Crippen molar-refractivity contribution in [3.63, 3.8) is 0 Å². The largest absolute Gasteiger partial charge is 0.349 e. The van der Waals surface area contributed by atoms with Gasteiger partial charge in [-0.25, -0.2) is 4.39 Å². The highest BCUT2D eigenvalue weighted by Gasteiger charge is 2.17. The van der Waals surface area contributed by atoms with Gasteiger partial charge in [-0.3, -0.25) is 9.48 Å². The molecular formula is C19H22FN3OS. The number of aryl methyl sites for hydroxylation is 1. The summed E-state index contributed by atoms with van der Waals surface area (Å²) >= 11 is 1.45. The molecule has 2 heterocycles. The Hall–Kier alpha value is -2.21. The van der Waals surface area contributed by atoms with E-state index in [0.29, 0.717) is 11.4 Å². The average Bonchev–Trinajstić information content (AvgIpc) is 3.12. The molecule has 3 rings (SSSR count). The molecule has 2 aromatic heterocycles. The second-order valence-corrected chi connectivity index (χ2v) is 7.39. The van der Waals surface area contributed by atoms with Crippen LogP contribution in [0.1, 0.15) is 47.6 Å². The summed E-state index contributed by atoms with van der Waals surface area (Å²) in [5.41, 5.74) is 1.87. The van der Waals surface area contributed by atoms with Crippen LogP contribution in [0.15, 0.2) is 30.3 Å². The number of benzene rings is 1. The van der Waals surface area contributed by atoms with Gasteiger partial charge in [-0.1, -0.05) is 25.5 Å². The lowest BCUT2D eigenvalue weighted by Crippen LogP contribution is -2.31. The van der Waals surface area contributed by atoms with Crippen LogP contribution in [0.5, 0.6) is 0 Å². The molecule has 1 amide bonds. The van der Waals surface area contributed by atoms with Crippen LogP contribution in [0.25, 0.3) is 10.2 Å². The van der Waals surface area contributed by atoms with Crippen molar-refractivity contribution in [3.05, 3.63) is 52.3 Å². The van der Waals surface area contributed by atoms with Gasteiger partial charge in [0.2, 0.25) is 0 Å². The Balaban J connectivity index is 1.85. The van der Waals surface area contributed by atoms with Crippen molar-refractivity contribution in [2.45, 2.75) is 46.2 Å².